The average Bonchev–Trinajstić information content (AvgIpc) is 3.06. The number of rotatable bonds is 3. The van der Waals surface area contributed by atoms with Crippen LogP contribution in [0.4, 0.5) is 21.6 Å². The number of aliphatic hydroxyl groups is 1. The molecule has 4 N–H and O–H groups in total. The predicted octanol–water partition coefficient (Wildman–Crippen LogP) is 3.13. The maximum atomic E-state index is 13.5. The van der Waals surface area contributed by atoms with Crippen LogP contribution in [-0.2, 0) is 6.42 Å². The Kier molecular flexibility index (Phi) is 4.47. The molecule has 1 atom stereocenters. The molecule has 3 aromatic rings. The highest BCUT2D eigenvalue weighted by molar-refractivity contribution is 6.31. The van der Waals surface area contributed by atoms with Crippen molar-refractivity contribution in [1.29, 1.82) is 5.26 Å². The average molecular weight is 398 g/mol. The molecule has 0 saturated heterocycles. The minimum atomic E-state index is -0.742. The number of nitriles is 1. The van der Waals surface area contributed by atoms with E-state index in [4.69, 9.17) is 11.6 Å². The zero-order chi connectivity index (χ0) is 19.8. The van der Waals surface area contributed by atoms with Gasteiger partial charge in [0.2, 0.25) is 0 Å². The summed E-state index contributed by atoms with van der Waals surface area (Å²) in [4.78, 5) is 19.1. The van der Waals surface area contributed by atoms with Crippen LogP contribution in [0.1, 0.15) is 11.3 Å². The van der Waals surface area contributed by atoms with E-state index in [0.717, 1.165) is 5.56 Å². The Labute approximate surface area is 163 Å². The number of nitrogens with zero attached hydrogens (tertiary/aromatic N) is 2. The van der Waals surface area contributed by atoms with Crippen molar-refractivity contribution in [2.45, 2.75) is 12.6 Å². The van der Waals surface area contributed by atoms with E-state index < -0.39 is 17.6 Å². The maximum absolute atomic E-state index is 13.5. The largest absolute Gasteiger partial charge is 0.373 e. The highest BCUT2D eigenvalue weighted by Crippen LogP contribution is 2.33. The first-order valence-corrected chi connectivity index (χ1v) is 8.66. The Morgan fingerprint density at radius 2 is 2.14 bits per heavy atom. The minimum Gasteiger partial charge on any atom is -0.373 e. The summed E-state index contributed by atoms with van der Waals surface area (Å²) >= 11 is 5.83. The highest BCUT2D eigenvalue weighted by atomic mass is 35.5. The molecular weight excluding hydrogens is 385 g/mol. The number of anilines is 3. The molecule has 2 aromatic heterocycles. The van der Waals surface area contributed by atoms with Crippen molar-refractivity contribution in [3.05, 3.63) is 69.0 Å². The molecule has 0 radical (unpaired) electrons. The van der Waals surface area contributed by atoms with E-state index in [0.29, 0.717) is 29.2 Å². The van der Waals surface area contributed by atoms with Gasteiger partial charge in [-0.05, 0) is 29.8 Å². The van der Waals surface area contributed by atoms with E-state index in [1.165, 1.54) is 24.3 Å². The SMILES string of the molecule is N#Cc1[nH]c(=O)c(-c2ccc(F)c(Cl)c2)cc1Nc1ccnc2c1CC(O)N2. The molecule has 0 amide bonds. The van der Waals surface area contributed by atoms with Crippen LogP contribution < -0.4 is 16.2 Å². The second-order valence-electron chi connectivity index (χ2n) is 6.22. The van der Waals surface area contributed by atoms with Gasteiger partial charge in [0.15, 0.2) is 0 Å². The number of hydrogen-bond acceptors (Lipinski definition) is 6. The van der Waals surface area contributed by atoms with Crippen LogP contribution >= 0.6 is 11.6 Å². The standard InChI is InChI=1S/C19H13ClFN5O2/c20-12-5-9(1-2-13(12)21)10-6-15(16(8-22)25-19(10)28)24-14-3-4-23-18-11(14)7-17(27)26-18/h1-6,17,27H,7H2,(H,25,28)(H2,23,24,26). The van der Waals surface area contributed by atoms with Crippen molar-refractivity contribution in [3.63, 3.8) is 0 Å². The number of halogens is 2. The van der Waals surface area contributed by atoms with Gasteiger partial charge in [-0.2, -0.15) is 5.26 Å². The second-order valence-corrected chi connectivity index (χ2v) is 6.62. The number of nitrogens with one attached hydrogen (secondary N) is 3. The van der Waals surface area contributed by atoms with Gasteiger partial charge in [0.1, 0.15) is 29.6 Å². The second kappa shape index (κ2) is 6.96. The van der Waals surface area contributed by atoms with E-state index in [1.54, 1.807) is 12.3 Å². The van der Waals surface area contributed by atoms with Crippen LogP contribution in [0.5, 0.6) is 0 Å². The Hall–Kier alpha value is -3.41. The first kappa shape index (κ1) is 18.0. The highest BCUT2D eigenvalue weighted by Gasteiger charge is 2.23. The van der Waals surface area contributed by atoms with Gasteiger partial charge in [-0.25, -0.2) is 9.37 Å². The molecular formula is C19H13ClFN5O2. The lowest BCUT2D eigenvalue weighted by Gasteiger charge is -2.13. The van der Waals surface area contributed by atoms with Crippen LogP contribution in [0.3, 0.4) is 0 Å². The summed E-state index contributed by atoms with van der Waals surface area (Å²) in [6, 6.07) is 9.12. The summed E-state index contributed by atoms with van der Waals surface area (Å²) in [7, 11) is 0. The fourth-order valence-corrected chi connectivity index (χ4v) is 3.26. The van der Waals surface area contributed by atoms with Crippen molar-refractivity contribution < 1.29 is 9.50 Å². The third kappa shape index (κ3) is 3.17. The van der Waals surface area contributed by atoms with Crippen LogP contribution in [0.25, 0.3) is 11.1 Å². The number of H-pyrrole nitrogens is 1. The quantitative estimate of drug-likeness (QED) is 0.540. The lowest BCUT2D eigenvalue weighted by molar-refractivity contribution is 0.212. The molecule has 0 saturated carbocycles. The Morgan fingerprint density at radius 3 is 2.89 bits per heavy atom. The Bertz CT molecular complexity index is 1190. The number of fused-ring (bicyclic) bond motifs is 1. The summed E-state index contributed by atoms with van der Waals surface area (Å²) < 4.78 is 13.5. The van der Waals surface area contributed by atoms with Crippen LogP contribution in [0, 0.1) is 17.1 Å². The van der Waals surface area contributed by atoms with E-state index in [9.17, 15) is 19.6 Å². The first-order chi connectivity index (χ1) is 13.5. The molecule has 3 heterocycles. The smallest absolute Gasteiger partial charge is 0.256 e. The third-order valence-corrected chi connectivity index (χ3v) is 4.70. The topological polar surface area (TPSA) is 114 Å². The molecule has 1 aromatic carbocycles. The minimum absolute atomic E-state index is 0.0408. The van der Waals surface area contributed by atoms with Crippen molar-refractivity contribution in [1.82, 2.24) is 9.97 Å². The van der Waals surface area contributed by atoms with E-state index >= 15 is 0 Å². The molecule has 0 aliphatic carbocycles. The summed E-state index contributed by atoms with van der Waals surface area (Å²) in [5, 5.41) is 25.1. The predicted molar refractivity (Wildman–Crippen MR) is 103 cm³/mol. The van der Waals surface area contributed by atoms with E-state index in [1.807, 2.05) is 6.07 Å². The Balaban J connectivity index is 1.80. The van der Waals surface area contributed by atoms with Gasteiger partial charge >= 0.3 is 0 Å². The lowest BCUT2D eigenvalue weighted by Crippen LogP contribution is -2.13. The molecule has 0 spiro atoms. The summed E-state index contributed by atoms with van der Waals surface area (Å²) in [6.45, 7) is 0. The molecule has 9 heteroatoms. The summed E-state index contributed by atoms with van der Waals surface area (Å²) in [6.07, 6.45) is 1.16. The van der Waals surface area contributed by atoms with Gasteiger partial charge in [-0.15, -0.1) is 0 Å². The number of aromatic amines is 1. The molecule has 1 unspecified atom stereocenters. The molecule has 7 nitrogen and oxygen atoms in total. The zero-order valence-corrected chi connectivity index (χ0v) is 15.0. The molecule has 1 aliphatic rings. The first-order valence-electron chi connectivity index (χ1n) is 8.28. The van der Waals surface area contributed by atoms with Gasteiger partial charge < -0.3 is 20.7 Å². The third-order valence-electron chi connectivity index (χ3n) is 4.41. The molecule has 28 heavy (non-hydrogen) atoms. The zero-order valence-electron chi connectivity index (χ0n) is 14.3. The maximum Gasteiger partial charge on any atom is 0.256 e. The molecule has 1 aliphatic heterocycles. The monoisotopic (exact) mass is 397 g/mol. The van der Waals surface area contributed by atoms with Crippen molar-refractivity contribution in [2.24, 2.45) is 0 Å². The van der Waals surface area contributed by atoms with Gasteiger partial charge in [0.05, 0.1) is 10.7 Å². The molecule has 0 fully saturated rings. The normalized spacial score (nSPS) is 14.9. The van der Waals surface area contributed by atoms with Crippen molar-refractivity contribution in [3.8, 4) is 17.2 Å². The number of hydrogen-bond donors (Lipinski definition) is 4. The van der Waals surface area contributed by atoms with E-state index in [2.05, 4.69) is 20.6 Å². The molecule has 140 valence electrons. The number of benzene rings is 1. The van der Waals surface area contributed by atoms with Gasteiger partial charge in [-0.3, -0.25) is 4.79 Å². The summed E-state index contributed by atoms with van der Waals surface area (Å²) in [5.74, 6) is -0.0433. The van der Waals surface area contributed by atoms with Gasteiger partial charge in [-0.1, -0.05) is 17.7 Å². The van der Waals surface area contributed by atoms with Crippen LogP contribution in [0.15, 0.2) is 41.3 Å². The van der Waals surface area contributed by atoms with Crippen molar-refractivity contribution in [2.75, 3.05) is 10.6 Å². The van der Waals surface area contributed by atoms with Crippen molar-refractivity contribution >= 4 is 28.8 Å². The Morgan fingerprint density at radius 1 is 1.32 bits per heavy atom. The summed E-state index contributed by atoms with van der Waals surface area (Å²) in [5.41, 5.74) is 1.94. The number of aromatic nitrogens is 2. The van der Waals surface area contributed by atoms with Gasteiger partial charge in [0, 0.05) is 29.4 Å². The van der Waals surface area contributed by atoms with E-state index in [-0.39, 0.29) is 16.3 Å². The number of pyridine rings is 2. The van der Waals surface area contributed by atoms with Crippen LogP contribution in [-0.4, -0.2) is 21.3 Å². The number of aliphatic hydroxyl groups excluding tert-OH is 1. The van der Waals surface area contributed by atoms with Crippen LogP contribution in [0.2, 0.25) is 5.02 Å². The molecule has 4 rings (SSSR count). The van der Waals surface area contributed by atoms with Gasteiger partial charge in [0.25, 0.3) is 5.56 Å². The molecule has 0 bridgehead atoms. The lowest BCUT2D eigenvalue weighted by atomic mass is 10.1. The fraction of sp³-hybridized carbons (Fsp3) is 0.105. The fourth-order valence-electron chi connectivity index (χ4n) is 3.08.